The van der Waals surface area contributed by atoms with Gasteiger partial charge in [0.1, 0.15) is 0 Å². The summed E-state index contributed by atoms with van der Waals surface area (Å²) in [5.41, 5.74) is 6.29. The van der Waals surface area contributed by atoms with Crippen LogP contribution in [0.4, 0.5) is 0 Å². The van der Waals surface area contributed by atoms with Crippen molar-refractivity contribution in [1.82, 2.24) is 10.2 Å². The summed E-state index contributed by atoms with van der Waals surface area (Å²) in [7, 11) is 2.18. The molecule has 3 N–H and O–H groups in total. The molecule has 0 amide bonds. The van der Waals surface area contributed by atoms with E-state index in [2.05, 4.69) is 24.2 Å². The number of likely N-dealkylation sites (N-methyl/N-ethyl adjacent to an activating group) is 1. The summed E-state index contributed by atoms with van der Waals surface area (Å²) >= 11 is 0. The summed E-state index contributed by atoms with van der Waals surface area (Å²) < 4.78 is 0. The SMILES string of the molecule is CC1CCNCC1C1CCN(C)CC1N. The molecule has 15 heavy (non-hydrogen) atoms. The van der Waals surface area contributed by atoms with E-state index in [-0.39, 0.29) is 0 Å². The molecule has 0 aromatic rings. The van der Waals surface area contributed by atoms with Crippen LogP contribution in [-0.2, 0) is 0 Å². The van der Waals surface area contributed by atoms with Crippen LogP contribution in [0, 0.1) is 17.8 Å². The van der Waals surface area contributed by atoms with E-state index < -0.39 is 0 Å². The van der Waals surface area contributed by atoms with Gasteiger partial charge in [0.2, 0.25) is 0 Å². The van der Waals surface area contributed by atoms with Gasteiger partial charge in [0.25, 0.3) is 0 Å². The lowest BCUT2D eigenvalue weighted by molar-refractivity contribution is 0.0979. The Labute approximate surface area is 93.4 Å². The van der Waals surface area contributed by atoms with Crippen molar-refractivity contribution < 1.29 is 0 Å². The van der Waals surface area contributed by atoms with Crippen LogP contribution >= 0.6 is 0 Å². The fourth-order valence-corrected chi connectivity index (χ4v) is 3.29. The fraction of sp³-hybridized carbons (Fsp3) is 1.00. The molecule has 2 saturated heterocycles. The zero-order chi connectivity index (χ0) is 10.8. The van der Waals surface area contributed by atoms with E-state index >= 15 is 0 Å². The first-order chi connectivity index (χ1) is 7.18. The Kier molecular flexibility index (Phi) is 3.65. The third-order valence-electron chi connectivity index (χ3n) is 4.35. The van der Waals surface area contributed by atoms with Crippen molar-refractivity contribution in [2.75, 3.05) is 33.2 Å². The smallest absolute Gasteiger partial charge is 0.0200 e. The van der Waals surface area contributed by atoms with Crippen LogP contribution < -0.4 is 11.1 Å². The van der Waals surface area contributed by atoms with E-state index in [1.165, 1.54) is 32.5 Å². The van der Waals surface area contributed by atoms with Crippen molar-refractivity contribution in [3.05, 3.63) is 0 Å². The third-order valence-corrected chi connectivity index (χ3v) is 4.35. The van der Waals surface area contributed by atoms with Crippen LogP contribution in [0.5, 0.6) is 0 Å². The Morgan fingerprint density at radius 3 is 2.73 bits per heavy atom. The van der Waals surface area contributed by atoms with Crippen molar-refractivity contribution in [2.24, 2.45) is 23.5 Å². The van der Waals surface area contributed by atoms with E-state index in [0.717, 1.165) is 24.3 Å². The summed E-state index contributed by atoms with van der Waals surface area (Å²) in [6.45, 7) is 7.08. The normalized spacial score (nSPS) is 44.2. The molecule has 0 aromatic carbocycles. The second-order valence-electron chi connectivity index (χ2n) is 5.51. The van der Waals surface area contributed by atoms with Gasteiger partial charge in [0.05, 0.1) is 0 Å². The van der Waals surface area contributed by atoms with Crippen molar-refractivity contribution in [3.8, 4) is 0 Å². The minimum absolute atomic E-state index is 0.385. The molecule has 0 spiro atoms. The number of rotatable bonds is 1. The molecule has 0 saturated carbocycles. The lowest BCUT2D eigenvalue weighted by Crippen LogP contribution is -2.53. The second kappa shape index (κ2) is 4.81. The predicted octanol–water partition coefficient (Wildman–Crippen LogP) is 0.511. The molecule has 0 bridgehead atoms. The minimum Gasteiger partial charge on any atom is -0.326 e. The zero-order valence-electron chi connectivity index (χ0n) is 10.1. The van der Waals surface area contributed by atoms with Crippen molar-refractivity contribution >= 4 is 0 Å². The number of piperidine rings is 2. The van der Waals surface area contributed by atoms with Gasteiger partial charge in [-0.25, -0.2) is 0 Å². The highest BCUT2D eigenvalue weighted by Crippen LogP contribution is 2.32. The molecule has 2 heterocycles. The van der Waals surface area contributed by atoms with Gasteiger partial charge in [-0.2, -0.15) is 0 Å². The van der Waals surface area contributed by atoms with Crippen LogP contribution in [-0.4, -0.2) is 44.2 Å². The maximum Gasteiger partial charge on any atom is 0.0200 e. The summed E-state index contributed by atoms with van der Waals surface area (Å²) in [6, 6.07) is 0.385. The Morgan fingerprint density at radius 1 is 1.27 bits per heavy atom. The van der Waals surface area contributed by atoms with Gasteiger partial charge in [-0.15, -0.1) is 0 Å². The summed E-state index contributed by atoms with van der Waals surface area (Å²) in [5, 5.41) is 3.53. The van der Waals surface area contributed by atoms with Crippen LogP contribution in [0.1, 0.15) is 19.8 Å². The average molecular weight is 211 g/mol. The molecule has 2 aliphatic heterocycles. The number of nitrogens with two attached hydrogens (primary N) is 1. The lowest BCUT2D eigenvalue weighted by Gasteiger charge is -2.43. The predicted molar refractivity (Wildman–Crippen MR) is 63.7 cm³/mol. The molecular formula is C12H25N3. The molecule has 2 rings (SSSR count). The molecule has 3 nitrogen and oxygen atoms in total. The molecule has 88 valence electrons. The molecule has 2 aliphatic rings. The maximum absolute atomic E-state index is 6.29. The van der Waals surface area contributed by atoms with E-state index in [1.807, 2.05) is 0 Å². The number of nitrogens with one attached hydrogen (secondary N) is 1. The van der Waals surface area contributed by atoms with Gasteiger partial charge in [0, 0.05) is 12.6 Å². The Balaban J connectivity index is 1.96. The minimum atomic E-state index is 0.385. The first-order valence-corrected chi connectivity index (χ1v) is 6.33. The largest absolute Gasteiger partial charge is 0.326 e. The standard InChI is InChI=1S/C12H25N3/c1-9-3-5-14-7-11(9)10-4-6-15(2)8-12(10)13/h9-12,14H,3-8,13H2,1-2H3. The molecule has 3 heteroatoms. The Hall–Kier alpha value is -0.120. The van der Waals surface area contributed by atoms with E-state index in [0.29, 0.717) is 6.04 Å². The van der Waals surface area contributed by atoms with Gasteiger partial charge in [0.15, 0.2) is 0 Å². The van der Waals surface area contributed by atoms with E-state index in [4.69, 9.17) is 5.73 Å². The van der Waals surface area contributed by atoms with Crippen LogP contribution in [0.25, 0.3) is 0 Å². The first-order valence-electron chi connectivity index (χ1n) is 6.33. The summed E-state index contributed by atoms with van der Waals surface area (Å²) in [6.07, 6.45) is 2.61. The van der Waals surface area contributed by atoms with Crippen LogP contribution in [0.15, 0.2) is 0 Å². The quantitative estimate of drug-likeness (QED) is 0.664. The van der Waals surface area contributed by atoms with E-state index in [1.54, 1.807) is 0 Å². The fourth-order valence-electron chi connectivity index (χ4n) is 3.29. The number of hydrogen-bond acceptors (Lipinski definition) is 3. The zero-order valence-corrected chi connectivity index (χ0v) is 10.1. The second-order valence-corrected chi connectivity index (χ2v) is 5.51. The molecule has 2 fully saturated rings. The number of likely N-dealkylation sites (tertiary alicyclic amines) is 1. The number of hydrogen-bond donors (Lipinski definition) is 2. The summed E-state index contributed by atoms with van der Waals surface area (Å²) in [5.74, 6) is 2.40. The highest BCUT2D eigenvalue weighted by Gasteiger charge is 2.35. The van der Waals surface area contributed by atoms with Gasteiger partial charge in [-0.1, -0.05) is 6.92 Å². The Morgan fingerprint density at radius 2 is 2.07 bits per heavy atom. The average Bonchev–Trinajstić information content (AvgIpc) is 2.20. The lowest BCUT2D eigenvalue weighted by atomic mass is 9.73. The first kappa shape index (κ1) is 11.4. The monoisotopic (exact) mass is 211 g/mol. The van der Waals surface area contributed by atoms with E-state index in [9.17, 15) is 0 Å². The summed E-state index contributed by atoms with van der Waals surface area (Å²) in [4.78, 5) is 2.36. The van der Waals surface area contributed by atoms with Gasteiger partial charge < -0.3 is 16.0 Å². The molecular weight excluding hydrogens is 186 g/mol. The topological polar surface area (TPSA) is 41.3 Å². The highest BCUT2D eigenvalue weighted by molar-refractivity contribution is 4.90. The third kappa shape index (κ3) is 2.52. The molecule has 4 atom stereocenters. The molecule has 4 unspecified atom stereocenters. The van der Waals surface area contributed by atoms with Crippen molar-refractivity contribution in [1.29, 1.82) is 0 Å². The molecule has 0 radical (unpaired) electrons. The van der Waals surface area contributed by atoms with Gasteiger partial charge >= 0.3 is 0 Å². The van der Waals surface area contributed by atoms with Gasteiger partial charge in [-0.3, -0.25) is 0 Å². The maximum atomic E-state index is 6.29. The molecule has 0 aromatic heterocycles. The van der Waals surface area contributed by atoms with Crippen molar-refractivity contribution in [3.63, 3.8) is 0 Å². The van der Waals surface area contributed by atoms with Crippen LogP contribution in [0.2, 0.25) is 0 Å². The number of nitrogens with zero attached hydrogens (tertiary/aromatic N) is 1. The highest BCUT2D eigenvalue weighted by atomic mass is 15.1. The van der Waals surface area contributed by atoms with Gasteiger partial charge in [-0.05, 0) is 57.3 Å². The Bertz CT molecular complexity index is 207. The van der Waals surface area contributed by atoms with Crippen LogP contribution in [0.3, 0.4) is 0 Å². The van der Waals surface area contributed by atoms with Crippen molar-refractivity contribution in [2.45, 2.75) is 25.8 Å². The molecule has 0 aliphatic carbocycles.